The van der Waals surface area contributed by atoms with Gasteiger partial charge in [0.2, 0.25) is 11.8 Å². The molecule has 1 N–H and O–H groups in total. The van der Waals surface area contributed by atoms with Gasteiger partial charge < -0.3 is 5.32 Å². The van der Waals surface area contributed by atoms with Crippen LogP contribution in [0, 0.1) is 11.7 Å². The number of carbonyl (C=O) groups excluding carboxylic acids is 2. The summed E-state index contributed by atoms with van der Waals surface area (Å²) in [4.78, 5) is 31.4. The predicted octanol–water partition coefficient (Wildman–Crippen LogP) is 6.11. The summed E-state index contributed by atoms with van der Waals surface area (Å²) in [6.45, 7) is 4.20. The number of benzene rings is 2. The molecule has 176 valence electrons. The van der Waals surface area contributed by atoms with Crippen LogP contribution >= 0.6 is 23.4 Å². The molecule has 2 aromatic carbocycles. The zero-order valence-corrected chi connectivity index (χ0v) is 19.2. The maximum Gasteiger partial charge on any atom is 0.416 e. The van der Waals surface area contributed by atoms with E-state index in [1.54, 1.807) is 0 Å². The van der Waals surface area contributed by atoms with Crippen molar-refractivity contribution < 1.29 is 27.2 Å². The van der Waals surface area contributed by atoms with Gasteiger partial charge in [0, 0.05) is 13.0 Å². The monoisotopic (exact) mass is 501 g/mol. The lowest BCUT2D eigenvalue weighted by atomic mass is 10.1. The Labute approximate surface area is 197 Å². The molecule has 0 radical (unpaired) electrons. The van der Waals surface area contributed by atoms with Crippen LogP contribution in [-0.2, 0) is 15.8 Å². The van der Waals surface area contributed by atoms with E-state index in [0.29, 0.717) is 17.4 Å². The Morgan fingerprint density at radius 2 is 1.88 bits per heavy atom. The first-order valence-corrected chi connectivity index (χ1v) is 11.2. The SMILES string of the molecule is CC(C)CN1C(=O)[C@@H](CC(=O)Nc2cc(C(F)(F)F)ccc2Cl)SC1=Nc1ccc(F)cc1. The number of halogens is 5. The van der Waals surface area contributed by atoms with E-state index >= 15 is 0 Å². The van der Waals surface area contributed by atoms with E-state index in [4.69, 9.17) is 11.6 Å². The average molecular weight is 502 g/mol. The van der Waals surface area contributed by atoms with Gasteiger partial charge in [-0.1, -0.05) is 37.2 Å². The highest BCUT2D eigenvalue weighted by molar-refractivity contribution is 8.15. The van der Waals surface area contributed by atoms with Crippen molar-refractivity contribution in [3.63, 3.8) is 0 Å². The molecule has 3 rings (SSSR count). The second kappa shape index (κ2) is 10.1. The number of thioether (sulfide) groups is 1. The third-order valence-corrected chi connectivity index (χ3v) is 6.06. The van der Waals surface area contributed by atoms with E-state index in [0.717, 1.165) is 30.0 Å². The maximum atomic E-state index is 13.2. The Bertz CT molecular complexity index is 1070. The Kier molecular flexibility index (Phi) is 7.69. The fourth-order valence-electron chi connectivity index (χ4n) is 3.05. The van der Waals surface area contributed by atoms with E-state index in [2.05, 4.69) is 10.3 Å². The summed E-state index contributed by atoms with van der Waals surface area (Å²) in [5.74, 6) is -1.30. The van der Waals surface area contributed by atoms with E-state index < -0.39 is 28.7 Å². The van der Waals surface area contributed by atoms with Crippen LogP contribution in [0.3, 0.4) is 0 Å². The molecule has 0 bridgehead atoms. The van der Waals surface area contributed by atoms with Crippen LogP contribution in [-0.4, -0.2) is 33.7 Å². The van der Waals surface area contributed by atoms with Crippen LogP contribution in [0.5, 0.6) is 0 Å². The minimum atomic E-state index is -4.59. The second-order valence-electron chi connectivity index (χ2n) is 7.76. The number of nitrogens with one attached hydrogen (secondary N) is 1. The van der Waals surface area contributed by atoms with Crippen LogP contribution in [0.25, 0.3) is 0 Å². The minimum absolute atomic E-state index is 0.0539. The van der Waals surface area contributed by atoms with Gasteiger partial charge in [-0.15, -0.1) is 0 Å². The maximum absolute atomic E-state index is 13.2. The molecule has 11 heteroatoms. The van der Waals surface area contributed by atoms with Crippen molar-refractivity contribution in [3.05, 3.63) is 58.9 Å². The third kappa shape index (κ3) is 6.48. The smallest absolute Gasteiger partial charge is 0.325 e. The van der Waals surface area contributed by atoms with Crippen molar-refractivity contribution in [2.45, 2.75) is 31.7 Å². The van der Waals surface area contributed by atoms with E-state index in [-0.39, 0.29) is 29.0 Å². The van der Waals surface area contributed by atoms with Crippen LogP contribution in [0.1, 0.15) is 25.8 Å². The fraction of sp³-hybridized carbons (Fsp3) is 0.318. The predicted molar refractivity (Wildman–Crippen MR) is 121 cm³/mol. The van der Waals surface area contributed by atoms with E-state index in [1.165, 1.54) is 29.2 Å². The van der Waals surface area contributed by atoms with Gasteiger partial charge in [0.15, 0.2) is 5.17 Å². The number of alkyl halides is 3. The number of anilines is 1. The van der Waals surface area contributed by atoms with Gasteiger partial charge in [0.1, 0.15) is 11.1 Å². The molecule has 1 saturated heterocycles. The summed E-state index contributed by atoms with van der Waals surface area (Å²) >= 11 is 7.01. The molecular formula is C22H20ClF4N3O2S. The largest absolute Gasteiger partial charge is 0.416 e. The number of rotatable bonds is 6. The van der Waals surface area contributed by atoms with Gasteiger partial charge in [0.25, 0.3) is 0 Å². The highest BCUT2D eigenvalue weighted by Crippen LogP contribution is 2.35. The lowest BCUT2D eigenvalue weighted by Gasteiger charge is -2.18. The Morgan fingerprint density at radius 3 is 2.48 bits per heavy atom. The van der Waals surface area contributed by atoms with Crippen LogP contribution < -0.4 is 5.32 Å². The van der Waals surface area contributed by atoms with Crippen molar-refractivity contribution in [3.8, 4) is 0 Å². The highest BCUT2D eigenvalue weighted by atomic mass is 35.5. The zero-order chi connectivity index (χ0) is 24.3. The summed E-state index contributed by atoms with van der Waals surface area (Å²) < 4.78 is 52.1. The van der Waals surface area contributed by atoms with Crippen LogP contribution in [0.2, 0.25) is 5.02 Å². The van der Waals surface area contributed by atoms with Gasteiger partial charge in [-0.3, -0.25) is 14.5 Å². The molecule has 5 nitrogen and oxygen atoms in total. The molecule has 2 aromatic rings. The molecule has 1 aliphatic heterocycles. The Morgan fingerprint density at radius 1 is 1.21 bits per heavy atom. The topological polar surface area (TPSA) is 61.8 Å². The van der Waals surface area contributed by atoms with Crippen molar-refractivity contribution in [2.75, 3.05) is 11.9 Å². The normalized spacial score (nSPS) is 17.8. The highest BCUT2D eigenvalue weighted by Gasteiger charge is 2.39. The molecule has 1 atom stereocenters. The van der Waals surface area contributed by atoms with Gasteiger partial charge in [-0.25, -0.2) is 9.38 Å². The third-order valence-electron chi connectivity index (χ3n) is 4.56. The molecule has 2 amide bonds. The molecule has 1 heterocycles. The molecule has 1 fully saturated rings. The number of amides is 2. The van der Waals surface area contributed by atoms with Crippen molar-refractivity contribution >= 4 is 51.7 Å². The Balaban J connectivity index is 1.77. The first-order chi connectivity index (χ1) is 15.4. The van der Waals surface area contributed by atoms with E-state index in [1.807, 2.05) is 13.8 Å². The average Bonchev–Trinajstić information content (AvgIpc) is 2.98. The van der Waals surface area contributed by atoms with Crippen LogP contribution in [0.4, 0.5) is 28.9 Å². The molecule has 0 aliphatic carbocycles. The fourth-order valence-corrected chi connectivity index (χ4v) is 4.38. The molecule has 0 saturated carbocycles. The molecule has 0 spiro atoms. The number of amidine groups is 1. The van der Waals surface area contributed by atoms with Crippen molar-refractivity contribution in [1.29, 1.82) is 0 Å². The van der Waals surface area contributed by atoms with Crippen molar-refractivity contribution in [2.24, 2.45) is 10.9 Å². The van der Waals surface area contributed by atoms with E-state index in [9.17, 15) is 27.2 Å². The molecule has 33 heavy (non-hydrogen) atoms. The van der Waals surface area contributed by atoms with Gasteiger partial charge >= 0.3 is 6.18 Å². The first-order valence-electron chi connectivity index (χ1n) is 9.93. The Hall–Kier alpha value is -2.59. The second-order valence-corrected chi connectivity index (χ2v) is 9.34. The number of nitrogens with zero attached hydrogens (tertiary/aromatic N) is 2. The standard InChI is InChI=1S/C22H20ClF4N3O2S/c1-12(2)11-30-20(32)18(33-21(30)28-15-6-4-14(24)5-7-15)10-19(31)29-17-9-13(22(25,26)27)3-8-16(17)23/h3-9,12,18H,10-11H2,1-2H3,(H,29,31)/t18-/m1/s1. The lowest BCUT2D eigenvalue weighted by Crippen LogP contribution is -2.36. The summed E-state index contributed by atoms with van der Waals surface area (Å²) in [6, 6.07) is 8.04. The lowest BCUT2D eigenvalue weighted by molar-refractivity contribution is -0.137. The minimum Gasteiger partial charge on any atom is -0.325 e. The van der Waals surface area contributed by atoms with Crippen LogP contribution in [0.15, 0.2) is 47.5 Å². The number of hydrogen-bond donors (Lipinski definition) is 1. The summed E-state index contributed by atoms with van der Waals surface area (Å²) in [6.07, 6.45) is -4.88. The van der Waals surface area contributed by atoms with Gasteiger partial charge in [0.05, 0.1) is 22.0 Å². The van der Waals surface area contributed by atoms with Crippen molar-refractivity contribution in [1.82, 2.24) is 4.90 Å². The zero-order valence-electron chi connectivity index (χ0n) is 17.6. The molecule has 1 aliphatic rings. The summed E-state index contributed by atoms with van der Waals surface area (Å²) in [7, 11) is 0. The number of hydrogen-bond acceptors (Lipinski definition) is 4. The number of aliphatic imine (C=N–C) groups is 1. The van der Waals surface area contributed by atoms with Gasteiger partial charge in [-0.2, -0.15) is 13.2 Å². The first kappa shape index (κ1) is 25.0. The number of carbonyl (C=O) groups is 2. The quantitative estimate of drug-likeness (QED) is 0.485. The summed E-state index contributed by atoms with van der Waals surface area (Å²) in [5, 5.41) is 1.86. The van der Waals surface area contributed by atoms with Gasteiger partial charge in [-0.05, 0) is 48.4 Å². The molecule has 0 aromatic heterocycles. The molecular weight excluding hydrogens is 482 g/mol. The summed E-state index contributed by atoms with van der Waals surface area (Å²) in [5.41, 5.74) is -0.696. The molecule has 0 unspecified atom stereocenters.